The van der Waals surface area contributed by atoms with Gasteiger partial charge in [-0.1, -0.05) is 46.8 Å². The van der Waals surface area contributed by atoms with Crippen LogP contribution < -0.4 is 10.5 Å². The highest BCUT2D eigenvalue weighted by atomic mass is 16.5. The van der Waals surface area contributed by atoms with Gasteiger partial charge in [-0.25, -0.2) is 0 Å². The molecule has 1 fully saturated rings. The minimum Gasteiger partial charge on any atom is -0.481 e. The second kappa shape index (κ2) is 6.75. The predicted molar refractivity (Wildman–Crippen MR) is 98.2 cm³/mol. The number of likely N-dealkylation sites (tertiary alicyclic amines) is 1. The number of amides is 1. The van der Waals surface area contributed by atoms with Crippen LogP contribution in [0.3, 0.4) is 0 Å². The quantitative estimate of drug-likeness (QED) is 0.923. The second-order valence-corrected chi connectivity index (χ2v) is 8.68. The molecular weight excluding hydrogens is 300 g/mol. The third-order valence-corrected chi connectivity index (χ3v) is 4.98. The van der Waals surface area contributed by atoms with Gasteiger partial charge in [0.25, 0.3) is 5.91 Å². The number of piperidine rings is 1. The van der Waals surface area contributed by atoms with E-state index in [2.05, 4.69) is 40.7 Å². The SMILES string of the molecule is CC(Oc1cccc(C(C)(C)C)c1)C(=O)N1CCC(N)C(C)(C)C1. The lowest BCUT2D eigenvalue weighted by Crippen LogP contribution is -2.56. The lowest BCUT2D eigenvalue weighted by atomic mass is 9.79. The fraction of sp³-hybridized carbons (Fsp3) is 0.650. The third kappa shape index (κ3) is 4.29. The molecule has 2 unspecified atom stereocenters. The first-order chi connectivity index (χ1) is 11.0. The first-order valence-electron chi connectivity index (χ1n) is 8.82. The van der Waals surface area contributed by atoms with Crippen molar-refractivity contribution in [1.29, 1.82) is 0 Å². The molecule has 1 amide bonds. The molecule has 1 aromatic rings. The van der Waals surface area contributed by atoms with E-state index in [4.69, 9.17) is 10.5 Å². The molecular formula is C20H32N2O2. The number of hydrogen-bond acceptors (Lipinski definition) is 3. The molecule has 1 aliphatic rings. The molecule has 0 spiro atoms. The van der Waals surface area contributed by atoms with Crippen LogP contribution >= 0.6 is 0 Å². The van der Waals surface area contributed by atoms with Gasteiger partial charge in [-0.3, -0.25) is 4.79 Å². The van der Waals surface area contributed by atoms with E-state index in [1.165, 1.54) is 5.56 Å². The number of carbonyl (C=O) groups is 1. The minimum atomic E-state index is -0.495. The Hall–Kier alpha value is -1.55. The van der Waals surface area contributed by atoms with Crippen molar-refractivity contribution in [3.05, 3.63) is 29.8 Å². The summed E-state index contributed by atoms with van der Waals surface area (Å²) in [5, 5.41) is 0. The Labute approximate surface area is 146 Å². The van der Waals surface area contributed by atoms with Gasteiger partial charge >= 0.3 is 0 Å². The number of rotatable bonds is 3. The molecule has 1 aliphatic heterocycles. The highest BCUT2D eigenvalue weighted by Crippen LogP contribution is 2.29. The van der Waals surface area contributed by atoms with Crippen molar-refractivity contribution in [3.8, 4) is 5.75 Å². The smallest absolute Gasteiger partial charge is 0.263 e. The predicted octanol–water partition coefficient (Wildman–Crippen LogP) is 3.34. The molecule has 1 saturated heterocycles. The summed E-state index contributed by atoms with van der Waals surface area (Å²) in [6, 6.07) is 8.15. The molecule has 0 bridgehead atoms. The standard InChI is InChI=1S/C20H32N2O2/c1-14(18(23)22-11-10-17(21)20(5,6)13-22)24-16-9-7-8-15(12-16)19(2,3)4/h7-9,12,14,17H,10-11,13,21H2,1-6H3. The van der Waals surface area contributed by atoms with Crippen molar-refractivity contribution < 1.29 is 9.53 Å². The van der Waals surface area contributed by atoms with E-state index in [-0.39, 0.29) is 22.8 Å². The Balaban J connectivity index is 2.05. The van der Waals surface area contributed by atoms with Crippen LogP contribution in [0.4, 0.5) is 0 Å². The summed E-state index contributed by atoms with van der Waals surface area (Å²) >= 11 is 0. The first kappa shape index (κ1) is 18.8. The van der Waals surface area contributed by atoms with E-state index in [1.807, 2.05) is 30.0 Å². The van der Waals surface area contributed by atoms with Crippen LogP contribution in [0.2, 0.25) is 0 Å². The Morgan fingerprint density at radius 2 is 2.04 bits per heavy atom. The van der Waals surface area contributed by atoms with Crippen LogP contribution in [0, 0.1) is 5.41 Å². The third-order valence-electron chi connectivity index (χ3n) is 4.98. The molecule has 4 nitrogen and oxygen atoms in total. The van der Waals surface area contributed by atoms with Crippen molar-refractivity contribution in [3.63, 3.8) is 0 Å². The lowest BCUT2D eigenvalue weighted by molar-refractivity contribution is -0.141. The molecule has 0 aromatic heterocycles. The maximum absolute atomic E-state index is 12.7. The molecule has 0 radical (unpaired) electrons. The Bertz CT molecular complexity index is 590. The van der Waals surface area contributed by atoms with Gasteiger partial charge in [0.15, 0.2) is 6.10 Å². The number of ether oxygens (including phenoxy) is 1. The van der Waals surface area contributed by atoms with Crippen LogP contribution in [0.15, 0.2) is 24.3 Å². The highest BCUT2D eigenvalue weighted by Gasteiger charge is 2.36. The van der Waals surface area contributed by atoms with Gasteiger partial charge in [-0.2, -0.15) is 0 Å². The van der Waals surface area contributed by atoms with Gasteiger partial charge in [0.2, 0.25) is 0 Å². The van der Waals surface area contributed by atoms with Gasteiger partial charge in [-0.15, -0.1) is 0 Å². The number of carbonyl (C=O) groups excluding carboxylic acids is 1. The Morgan fingerprint density at radius 3 is 2.62 bits per heavy atom. The van der Waals surface area contributed by atoms with E-state index in [9.17, 15) is 4.79 Å². The van der Waals surface area contributed by atoms with Crippen molar-refractivity contribution in [2.75, 3.05) is 13.1 Å². The van der Waals surface area contributed by atoms with Crippen LogP contribution in [0.25, 0.3) is 0 Å². The van der Waals surface area contributed by atoms with Crippen molar-refractivity contribution in [2.45, 2.75) is 65.5 Å². The summed E-state index contributed by atoms with van der Waals surface area (Å²) in [5.41, 5.74) is 7.36. The molecule has 1 aromatic carbocycles. The normalized spacial score (nSPS) is 22.1. The molecule has 2 N–H and O–H groups in total. The summed E-state index contributed by atoms with van der Waals surface area (Å²) in [6.07, 6.45) is 0.343. The van der Waals surface area contributed by atoms with Gasteiger partial charge < -0.3 is 15.4 Å². The van der Waals surface area contributed by atoms with Crippen molar-refractivity contribution in [1.82, 2.24) is 4.90 Å². The average Bonchev–Trinajstić information content (AvgIpc) is 2.48. The van der Waals surface area contributed by atoms with Crippen molar-refractivity contribution >= 4 is 5.91 Å². The first-order valence-corrected chi connectivity index (χ1v) is 8.82. The topological polar surface area (TPSA) is 55.6 Å². The Kier molecular flexibility index (Phi) is 5.28. The summed E-state index contributed by atoms with van der Waals surface area (Å²) in [7, 11) is 0. The summed E-state index contributed by atoms with van der Waals surface area (Å²) < 4.78 is 5.94. The fourth-order valence-corrected chi connectivity index (χ4v) is 3.11. The fourth-order valence-electron chi connectivity index (χ4n) is 3.11. The molecule has 0 aliphatic carbocycles. The average molecular weight is 332 g/mol. The van der Waals surface area contributed by atoms with E-state index in [0.29, 0.717) is 13.1 Å². The largest absolute Gasteiger partial charge is 0.481 e. The number of benzene rings is 1. The van der Waals surface area contributed by atoms with E-state index < -0.39 is 6.10 Å². The van der Waals surface area contributed by atoms with Gasteiger partial charge in [0, 0.05) is 19.1 Å². The highest BCUT2D eigenvalue weighted by molar-refractivity contribution is 5.81. The maximum atomic E-state index is 12.7. The molecule has 2 atom stereocenters. The van der Waals surface area contributed by atoms with Gasteiger partial charge in [0.05, 0.1) is 0 Å². The van der Waals surface area contributed by atoms with E-state index in [1.54, 1.807) is 0 Å². The number of nitrogens with two attached hydrogens (primary N) is 1. The number of hydrogen-bond donors (Lipinski definition) is 1. The molecule has 0 saturated carbocycles. The molecule has 134 valence electrons. The van der Waals surface area contributed by atoms with E-state index in [0.717, 1.165) is 12.2 Å². The molecule has 24 heavy (non-hydrogen) atoms. The van der Waals surface area contributed by atoms with Crippen LogP contribution in [0.1, 0.15) is 53.5 Å². The molecule has 1 heterocycles. The monoisotopic (exact) mass is 332 g/mol. The van der Waals surface area contributed by atoms with Gasteiger partial charge in [-0.05, 0) is 41.9 Å². The molecule has 4 heteroatoms. The summed E-state index contributed by atoms with van der Waals surface area (Å²) in [4.78, 5) is 14.6. The van der Waals surface area contributed by atoms with Crippen LogP contribution in [-0.2, 0) is 10.2 Å². The summed E-state index contributed by atoms with van der Waals surface area (Å²) in [5.74, 6) is 0.785. The zero-order valence-electron chi connectivity index (χ0n) is 15.9. The zero-order chi connectivity index (χ0) is 18.1. The zero-order valence-corrected chi connectivity index (χ0v) is 15.9. The lowest BCUT2D eigenvalue weighted by Gasteiger charge is -2.43. The van der Waals surface area contributed by atoms with Crippen molar-refractivity contribution in [2.24, 2.45) is 11.1 Å². The summed E-state index contributed by atoms with van der Waals surface area (Å²) in [6.45, 7) is 14.0. The molecule has 2 rings (SSSR count). The van der Waals surface area contributed by atoms with Crippen LogP contribution in [0.5, 0.6) is 5.75 Å². The number of nitrogens with zero attached hydrogens (tertiary/aromatic N) is 1. The minimum absolute atomic E-state index is 0.0381. The maximum Gasteiger partial charge on any atom is 0.263 e. The van der Waals surface area contributed by atoms with Crippen LogP contribution in [-0.4, -0.2) is 36.0 Å². The second-order valence-electron chi connectivity index (χ2n) is 8.68. The van der Waals surface area contributed by atoms with Gasteiger partial charge in [0.1, 0.15) is 5.75 Å². The Morgan fingerprint density at radius 1 is 1.38 bits per heavy atom. The van der Waals surface area contributed by atoms with E-state index >= 15 is 0 Å².